The zero-order valence-corrected chi connectivity index (χ0v) is 12.3. The van der Waals surface area contributed by atoms with Crippen LogP contribution in [0.2, 0.25) is 0 Å². The molecular weight excluding hydrogens is 238 g/mol. The van der Waals surface area contributed by atoms with Crippen molar-refractivity contribution < 1.29 is 4.74 Å². The Bertz CT molecular complexity index is 408. The molecule has 2 rings (SSSR count). The molecule has 19 heavy (non-hydrogen) atoms. The van der Waals surface area contributed by atoms with Gasteiger partial charge in [-0.25, -0.2) is 9.97 Å². The fourth-order valence-electron chi connectivity index (χ4n) is 2.78. The molecular formula is C15H25N3O. The minimum Gasteiger partial charge on any atom is -0.474 e. The van der Waals surface area contributed by atoms with Crippen LogP contribution in [0, 0.1) is 12.8 Å². The first-order valence-electron chi connectivity index (χ1n) is 7.46. The van der Waals surface area contributed by atoms with E-state index < -0.39 is 0 Å². The number of hydrogen-bond donors (Lipinski definition) is 1. The standard InChI is InChI=1S/C15H25N3O/c1-4-12-7-6-8-13(9-12)19-15-11(3)14(16-5-2)17-10-18-15/h10,12-13H,4-9H2,1-3H3,(H,16,17,18). The van der Waals surface area contributed by atoms with Crippen LogP contribution in [0.15, 0.2) is 6.33 Å². The maximum atomic E-state index is 6.11. The van der Waals surface area contributed by atoms with Crippen molar-refractivity contribution in [2.24, 2.45) is 5.92 Å². The molecule has 0 spiro atoms. The van der Waals surface area contributed by atoms with Gasteiger partial charge in [0, 0.05) is 6.54 Å². The normalized spacial score (nSPS) is 23.1. The molecule has 0 bridgehead atoms. The third kappa shape index (κ3) is 3.58. The first-order valence-corrected chi connectivity index (χ1v) is 7.46. The predicted molar refractivity (Wildman–Crippen MR) is 77.6 cm³/mol. The molecule has 4 nitrogen and oxygen atoms in total. The van der Waals surface area contributed by atoms with E-state index in [0.717, 1.165) is 42.6 Å². The maximum Gasteiger partial charge on any atom is 0.221 e. The third-order valence-corrected chi connectivity index (χ3v) is 3.97. The van der Waals surface area contributed by atoms with Crippen LogP contribution in [-0.4, -0.2) is 22.6 Å². The van der Waals surface area contributed by atoms with Gasteiger partial charge in [0.25, 0.3) is 0 Å². The second kappa shape index (κ2) is 6.73. The molecule has 0 aromatic carbocycles. The van der Waals surface area contributed by atoms with Crippen LogP contribution in [0.1, 0.15) is 51.5 Å². The second-order valence-electron chi connectivity index (χ2n) is 5.36. The summed E-state index contributed by atoms with van der Waals surface area (Å²) in [5.41, 5.74) is 1.02. The van der Waals surface area contributed by atoms with Crippen molar-refractivity contribution in [2.75, 3.05) is 11.9 Å². The topological polar surface area (TPSA) is 47.0 Å². The summed E-state index contributed by atoms with van der Waals surface area (Å²) >= 11 is 0. The number of nitrogens with zero attached hydrogens (tertiary/aromatic N) is 2. The smallest absolute Gasteiger partial charge is 0.221 e. The lowest BCUT2D eigenvalue weighted by Crippen LogP contribution is -2.26. The molecule has 1 fully saturated rings. The van der Waals surface area contributed by atoms with Crippen LogP contribution in [0.25, 0.3) is 0 Å². The zero-order chi connectivity index (χ0) is 13.7. The molecule has 1 saturated carbocycles. The molecule has 0 saturated heterocycles. The fraction of sp³-hybridized carbons (Fsp3) is 0.733. The summed E-state index contributed by atoms with van der Waals surface area (Å²) in [6.07, 6.45) is 8.09. The first kappa shape index (κ1) is 14.1. The lowest BCUT2D eigenvalue weighted by Gasteiger charge is -2.29. The molecule has 2 unspecified atom stereocenters. The second-order valence-corrected chi connectivity index (χ2v) is 5.36. The number of rotatable bonds is 5. The van der Waals surface area contributed by atoms with Crippen LogP contribution in [0.3, 0.4) is 0 Å². The summed E-state index contributed by atoms with van der Waals surface area (Å²) in [6.45, 7) is 7.22. The molecule has 1 heterocycles. The quantitative estimate of drug-likeness (QED) is 0.882. The Labute approximate surface area is 116 Å². The van der Waals surface area contributed by atoms with Gasteiger partial charge in [-0.05, 0) is 39.0 Å². The van der Waals surface area contributed by atoms with Gasteiger partial charge in [-0.1, -0.05) is 19.8 Å². The monoisotopic (exact) mass is 263 g/mol. The summed E-state index contributed by atoms with van der Waals surface area (Å²) in [4.78, 5) is 8.54. The maximum absolute atomic E-state index is 6.11. The average molecular weight is 263 g/mol. The van der Waals surface area contributed by atoms with Gasteiger partial charge in [-0.15, -0.1) is 0 Å². The third-order valence-electron chi connectivity index (χ3n) is 3.97. The Morgan fingerprint density at radius 3 is 2.89 bits per heavy atom. The Morgan fingerprint density at radius 2 is 2.16 bits per heavy atom. The number of hydrogen-bond acceptors (Lipinski definition) is 4. The van der Waals surface area contributed by atoms with E-state index in [-0.39, 0.29) is 0 Å². The number of aromatic nitrogens is 2. The van der Waals surface area contributed by atoms with Crippen molar-refractivity contribution in [2.45, 2.75) is 59.0 Å². The molecule has 1 aromatic heterocycles. The summed E-state index contributed by atoms with van der Waals surface area (Å²) in [7, 11) is 0. The van der Waals surface area contributed by atoms with Gasteiger partial charge in [0.2, 0.25) is 5.88 Å². The van der Waals surface area contributed by atoms with Gasteiger partial charge < -0.3 is 10.1 Å². The molecule has 0 radical (unpaired) electrons. The lowest BCUT2D eigenvalue weighted by atomic mass is 9.85. The van der Waals surface area contributed by atoms with Crippen molar-refractivity contribution in [1.29, 1.82) is 0 Å². The molecule has 1 aliphatic rings. The average Bonchev–Trinajstić information content (AvgIpc) is 2.44. The predicted octanol–water partition coefficient (Wildman–Crippen LogP) is 3.56. The molecule has 4 heteroatoms. The van der Waals surface area contributed by atoms with Crippen LogP contribution in [0.4, 0.5) is 5.82 Å². The van der Waals surface area contributed by atoms with Crippen molar-refractivity contribution in [3.8, 4) is 5.88 Å². The van der Waals surface area contributed by atoms with Gasteiger partial charge >= 0.3 is 0 Å². The molecule has 2 atom stereocenters. The van der Waals surface area contributed by atoms with Crippen LogP contribution in [0.5, 0.6) is 5.88 Å². The first-order chi connectivity index (χ1) is 9.24. The van der Waals surface area contributed by atoms with E-state index >= 15 is 0 Å². The van der Waals surface area contributed by atoms with Crippen LogP contribution < -0.4 is 10.1 Å². The number of nitrogens with one attached hydrogen (secondary N) is 1. The molecule has 0 aliphatic heterocycles. The highest BCUT2D eigenvalue weighted by Crippen LogP contribution is 2.30. The van der Waals surface area contributed by atoms with Gasteiger partial charge in [0.1, 0.15) is 18.2 Å². The Balaban J connectivity index is 2.04. The van der Waals surface area contributed by atoms with E-state index in [1.54, 1.807) is 6.33 Å². The molecule has 1 N–H and O–H groups in total. The largest absolute Gasteiger partial charge is 0.474 e. The van der Waals surface area contributed by atoms with E-state index in [2.05, 4.69) is 29.1 Å². The molecule has 0 amide bonds. The number of anilines is 1. The molecule has 1 aliphatic carbocycles. The van der Waals surface area contributed by atoms with E-state index in [0.29, 0.717) is 6.10 Å². The van der Waals surface area contributed by atoms with Crippen molar-refractivity contribution >= 4 is 5.82 Å². The van der Waals surface area contributed by atoms with Crippen molar-refractivity contribution in [3.63, 3.8) is 0 Å². The van der Waals surface area contributed by atoms with Crippen molar-refractivity contribution in [1.82, 2.24) is 9.97 Å². The van der Waals surface area contributed by atoms with Gasteiger partial charge in [-0.2, -0.15) is 0 Å². The zero-order valence-electron chi connectivity index (χ0n) is 12.3. The van der Waals surface area contributed by atoms with Crippen LogP contribution in [-0.2, 0) is 0 Å². The highest BCUT2D eigenvalue weighted by atomic mass is 16.5. The summed E-state index contributed by atoms with van der Waals surface area (Å²) in [5.74, 6) is 2.44. The molecule has 1 aromatic rings. The van der Waals surface area contributed by atoms with Gasteiger partial charge in [0.05, 0.1) is 5.56 Å². The Hall–Kier alpha value is -1.32. The minimum atomic E-state index is 0.321. The van der Waals surface area contributed by atoms with Crippen LogP contribution >= 0.6 is 0 Å². The van der Waals surface area contributed by atoms with Crippen molar-refractivity contribution in [3.05, 3.63) is 11.9 Å². The van der Waals surface area contributed by atoms with Gasteiger partial charge in [0.15, 0.2) is 0 Å². The highest BCUT2D eigenvalue weighted by molar-refractivity contribution is 5.47. The summed E-state index contributed by atoms with van der Waals surface area (Å²) in [5, 5.41) is 3.24. The van der Waals surface area contributed by atoms with E-state index in [1.807, 2.05) is 6.92 Å². The summed E-state index contributed by atoms with van der Waals surface area (Å²) < 4.78 is 6.11. The van der Waals surface area contributed by atoms with Gasteiger partial charge in [-0.3, -0.25) is 0 Å². The van der Waals surface area contributed by atoms with E-state index in [4.69, 9.17) is 4.74 Å². The minimum absolute atomic E-state index is 0.321. The molecule has 106 valence electrons. The summed E-state index contributed by atoms with van der Waals surface area (Å²) in [6, 6.07) is 0. The lowest BCUT2D eigenvalue weighted by molar-refractivity contribution is 0.116. The highest BCUT2D eigenvalue weighted by Gasteiger charge is 2.23. The van der Waals surface area contributed by atoms with E-state index in [9.17, 15) is 0 Å². The van der Waals surface area contributed by atoms with E-state index in [1.165, 1.54) is 19.3 Å². The SMILES string of the molecule is CCNc1ncnc(OC2CCCC(CC)C2)c1C. The Kier molecular flexibility index (Phi) is 5.00. The fourth-order valence-corrected chi connectivity index (χ4v) is 2.78. The number of ether oxygens (including phenoxy) is 1. The Morgan fingerprint density at radius 1 is 1.32 bits per heavy atom.